The van der Waals surface area contributed by atoms with Crippen LogP contribution in [-0.4, -0.2) is 27.1 Å². The van der Waals surface area contributed by atoms with Crippen molar-refractivity contribution < 1.29 is 9.53 Å². The van der Waals surface area contributed by atoms with Crippen molar-refractivity contribution in [2.45, 2.75) is 6.92 Å². The molecule has 3 heterocycles. The topological polar surface area (TPSA) is 88.5 Å². The number of nitrogens with zero attached hydrogens (tertiary/aromatic N) is 2. The van der Waals surface area contributed by atoms with Crippen LogP contribution in [0.4, 0.5) is 5.69 Å². The molecule has 5 aromatic rings. The fourth-order valence-corrected chi connectivity index (χ4v) is 4.44. The number of amides is 1. The molecule has 0 bridgehead atoms. The van der Waals surface area contributed by atoms with Gasteiger partial charge in [-0.05, 0) is 30.2 Å². The van der Waals surface area contributed by atoms with Crippen LogP contribution in [-0.2, 0) is 4.79 Å². The molecule has 0 saturated heterocycles. The largest absolute Gasteiger partial charge is 0.482 e. The molecule has 3 aromatic carbocycles. The van der Waals surface area contributed by atoms with Crippen LogP contribution in [0.5, 0.6) is 5.75 Å². The van der Waals surface area contributed by atoms with E-state index in [-0.39, 0.29) is 18.1 Å². The summed E-state index contributed by atoms with van der Waals surface area (Å²) in [5.74, 6) is 0.355. The second-order valence-electron chi connectivity index (χ2n) is 8.19. The van der Waals surface area contributed by atoms with Gasteiger partial charge < -0.3 is 15.0 Å². The Kier molecular flexibility index (Phi) is 4.55. The van der Waals surface area contributed by atoms with E-state index in [9.17, 15) is 9.59 Å². The van der Waals surface area contributed by atoms with Crippen molar-refractivity contribution in [3.8, 4) is 39.3 Å². The van der Waals surface area contributed by atoms with E-state index in [1.807, 2.05) is 73.7 Å². The first-order chi connectivity index (χ1) is 16.6. The van der Waals surface area contributed by atoms with Gasteiger partial charge in [0, 0.05) is 11.3 Å². The number of aromatic amines is 1. The molecule has 0 spiro atoms. The zero-order chi connectivity index (χ0) is 23.2. The lowest BCUT2D eigenvalue weighted by Gasteiger charge is -2.18. The first kappa shape index (κ1) is 20.0. The van der Waals surface area contributed by atoms with E-state index in [1.54, 1.807) is 12.1 Å². The van der Waals surface area contributed by atoms with Crippen molar-refractivity contribution in [3.05, 3.63) is 94.9 Å². The maximum Gasteiger partial charge on any atom is 0.282 e. The van der Waals surface area contributed by atoms with Gasteiger partial charge in [-0.3, -0.25) is 9.59 Å². The first-order valence-electron chi connectivity index (χ1n) is 10.9. The number of benzene rings is 3. The molecule has 1 amide bonds. The SMILES string of the molecule is Cc1[nH]c2c(-c3ccccc3)c(-c3ccccc3)nn2c(=O)c1-c1ccc2c(c1)NC(=O)CO2. The Morgan fingerprint density at radius 1 is 0.853 bits per heavy atom. The Labute approximate surface area is 194 Å². The van der Waals surface area contributed by atoms with Gasteiger partial charge in [0.1, 0.15) is 17.1 Å². The monoisotopic (exact) mass is 448 g/mol. The van der Waals surface area contributed by atoms with E-state index in [0.717, 1.165) is 22.4 Å². The molecular weight excluding hydrogens is 428 g/mol. The fraction of sp³-hybridized carbons (Fsp3) is 0.0741. The van der Waals surface area contributed by atoms with Crippen molar-refractivity contribution in [3.63, 3.8) is 0 Å². The van der Waals surface area contributed by atoms with Crippen LogP contribution in [0, 0.1) is 6.92 Å². The maximum atomic E-state index is 13.8. The molecule has 2 N–H and O–H groups in total. The lowest BCUT2D eigenvalue weighted by atomic mass is 10.0. The zero-order valence-corrected chi connectivity index (χ0v) is 18.3. The summed E-state index contributed by atoms with van der Waals surface area (Å²) in [5, 5.41) is 7.57. The quantitative estimate of drug-likeness (QED) is 0.420. The first-order valence-corrected chi connectivity index (χ1v) is 10.9. The Morgan fingerprint density at radius 3 is 2.29 bits per heavy atom. The van der Waals surface area contributed by atoms with E-state index in [0.29, 0.717) is 33.9 Å². The molecular formula is C27H20N4O3. The number of carbonyl (C=O) groups is 1. The molecule has 0 unspecified atom stereocenters. The van der Waals surface area contributed by atoms with Crippen LogP contribution < -0.4 is 15.6 Å². The number of rotatable bonds is 3. The normalized spacial score (nSPS) is 12.8. The van der Waals surface area contributed by atoms with E-state index < -0.39 is 0 Å². The Bertz CT molecular complexity index is 1620. The van der Waals surface area contributed by atoms with Gasteiger partial charge in [-0.25, -0.2) is 0 Å². The molecule has 1 aliphatic heterocycles. The number of nitrogens with one attached hydrogen (secondary N) is 2. The Hall–Kier alpha value is -4.65. The summed E-state index contributed by atoms with van der Waals surface area (Å²) in [6.07, 6.45) is 0. The predicted molar refractivity (Wildman–Crippen MR) is 131 cm³/mol. The molecule has 166 valence electrons. The summed E-state index contributed by atoms with van der Waals surface area (Å²) < 4.78 is 6.89. The van der Waals surface area contributed by atoms with Gasteiger partial charge in [-0.1, -0.05) is 66.7 Å². The second-order valence-corrected chi connectivity index (χ2v) is 8.19. The molecule has 0 radical (unpaired) electrons. The number of anilines is 1. The van der Waals surface area contributed by atoms with Crippen LogP contribution in [0.15, 0.2) is 83.7 Å². The molecule has 7 heteroatoms. The van der Waals surface area contributed by atoms with Crippen molar-refractivity contribution in [1.29, 1.82) is 0 Å². The van der Waals surface area contributed by atoms with Crippen molar-refractivity contribution in [2.24, 2.45) is 0 Å². The van der Waals surface area contributed by atoms with Gasteiger partial charge >= 0.3 is 0 Å². The number of aryl methyl sites for hydroxylation is 1. The summed E-state index contributed by atoms with van der Waals surface area (Å²) in [4.78, 5) is 29.0. The van der Waals surface area contributed by atoms with E-state index in [2.05, 4.69) is 10.3 Å². The molecule has 2 aromatic heterocycles. The van der Waals surface area contributed by atoms with Gasteiger partial charge in [-0.2, -0.15) is 9.61 Å². The van der Waals surface area contributed by atoms with E-state index in [4.69, 9.17) is 9.84 Å². The number of ether oxygens (including phenoxy) is 1. The van der Waals surface area contributed by atoms with Crippen molar-refractivity contribution in [2.75, 3.05) is 11.9 Å². The third kappa shape index (κ3) is 3.17. The summed E-state index contributed by atoms with van der Waals surface area (Å²) in [7, 11) is 0. The number of hydrogen-bond donors (Lipinski definition) is 2. The van der Waals surface area contributed by atoms with Crippen LogP contribution in [0.25, 0.3) is 39.2 Å². The van der Waals surface area contributed by atoms with Crippen LogP contribution >= 0.6 is 0 Å². The van der Waals surface area contributed by atoms with Gasteiger partial charge in [0.25, 0.3) is 11.5 Å². The van der Waals surface area contributed by atoms with Crippen LogP contribution in [0.3, 0.4) is 0 Å². The van der Waals surface area contributed by atoms with E-state index in [1.165, 1.54) is 4.52 Å². The summed E-state index contributed by atoms with van der Waals surface area (Å²) in [6.45, 7) is 1.85. The molecule has 0 fully saturated rings. The average molecular weight is 448 g/mol. The number of aromatic nitrogens is 3. The summed E-state index contributed by atoms with van der Waals surface area (Å²) in [5.41, 5.74) is 6.27. The fourth-order valence-electron chi connectivity index (χ4n) is 4.44. The van der Waals surface area contributed by atoms with Gasteiger partial charge in [0.2, 0.25) is 0 Å². The molecule has 6 rings (SSSR count). The number of fused-ring (bicyclic) bond motifs is 2. The number of hydrogen-bond acceptors (Lipinski definition) is 4. The smallest absolute Gasteiger partial charge is 0.282 e. The number of H-pyrrole nitrogens is 1. The third-order valence-electron chi connectivity index (χ3n) is 5.98. The highest BCUT2D eigenvalue weighted by molar-refractivity contribution is 5.96. The minimum Gasteiger partial charge on any atom is -0.482 e. The Morgan fingerprint density at radius 2 is 1.56 bits per heavy atom. The lowest BCUT2D eigenvalue weighted by molar-refractivity contribution is -0.118. The summed E-state index contributed by atoms with van der Waals surface area (Å²) in [6, 6.07) is 25.1. The van der Waals surface area contributed by atoms with Gasteiger partial charge in [0.15, 0.2) is 6.61 Å². The zero-order valence-electron chi connectivity index (χ0n) is 18.3. The highest BCUT2D eigenvalue weighted by atomic mass is 16.5. The standard InChI is InChI=1S/C27H20N4O3/c1-16-23(19-12-13-21-20(14-19)29-22(32)15-34-21)27(33)31-26(28-16)24(17-8-4-2-5-9-17)25(30-31)18-10-6-3-7-11-18/h2-14,28H,15H2,1H3,(H,29,32). The lowest BCUT2D eigenvalue weighted by Crippen LogP contribution is -2.25. The van der Waals surface area contributed by atoms with Crippen molar-refractivity contribution in [1.82, 2.24) is 14.6 Å². The highest BCUT2D eigenvalue weighted by Crippen LogP contribution is 2.36. The minimum absolute atomic E-state index is 0.0181. The second kappa shape index (κ2) is 7.74. The van der Waals surface area contributed by atoms with E-state index >= 15 is 0 Å². The van der Waals surface area contributed by atoms with Crippen LogP contribution in [0.1, 0.15) is 5.69 Å². The highest BCUT2D eigenvalue weighted by Gasteiger charge is 2.23. The molecule has 0 atom stereocenters. The third-order valence-corrected chi connectivity index (χ3v) is 5.98. The predicted octanol–water partition coefficient (Wildman–Crippen LogP) is 4.66. The van der Waals surface area contributed by atoms with Crippen LogP contribution in [0.2, 0.25) is 0 Å². The number of carbonyl (C=O) groups excluding carboxylic acids is 1. The molecule has 0 aliphatic carbocycles. The molecule has 34 heavy (non-hydrogen) atoms. The van der Waals surface area contributed by atoms with Crippen molar-refractivity contribution >= 4 is 17.2 Å². The van der Waals surface area contributed by atoms with Gasteiger partial charge in [-0.15, -0.1) is 0 Å². The molecule has 1 aliphatic rings. The molecule has 7 nitrogen and oxygen atoms in total. The van der Waals surface area contributed by atoms with Gasteiger partial charge in [0.05, 0.1) is 16.8 Å². The maximum absolute atomic E-state index is 13.8. The summed E-state index contributed by atoms with van der Waals surface area (Å²) >= 11 is 0. The Balaban J connectivity index is 1.61. The minimum atomic E-state index is -0.242. The average Bonchev–Trinajstić information content (AvgIpc) is 3.24. The molecule has 0 saturated carbocycles.